The van der Waals surface area contributed by atoms with Crippen LogP contribution in [-0.2, 0) is 6.54 Å². The Balaban J connectivity index is 1.64. The van der Waals surface area contributed by atoms with Crippen molar-refractivity contribution in [3.05, 3.63) is 60.6 Å². The number of nitrogens with zero attached hydrogens (tertiary/aromatic N) is 3. The monoisotopic (exact) mass is 334 g/mol. The highest BCUT2D eigenvalue weighted by molar-refractivity contribution is 5.64. The first-order valence-electron chi connectivity index (χ1n) is 8.84. The summed E-state index contributed by atoms with van der Waals surface area (Å²) in [5.41, 5.74) is 2.04. The molecule has 1 fully saturated rings. The van der Waals surface area contributed by atoms with Crippen LogP contribution in [0, 0.1) is 0 Å². The molecule has 1 aromatic carbocycles. The van der Waals surface area contributed by atoms with Gasteiger partial charge in [-0.2, -0.15) is 4.98 Å². The van der Waals surface area contributed by atoms with Crippen LogP contribution in [0.4, 0.5) is 11.8 Å². The molecule has 0 spiro atoms. The Morgan fingerprint density at radius 3 is 2.56 bits per heavy atom. The topological polar surface area (TPSA) is 54.2 Å². The molecule has 128 valence electrons. The number of furan rings is 1. The van der Waals surface area contributed by atoms with E-state index >= 15 is 0 Å². The summed E-state index contributed by atoms with van der Waals surface area (Å²) in [5, 5.41) is 3.29. The number of anilines is 2. The van der Waals surface area contributed by atoms with Gasteiger partial charge in [-0.25, -0.2) is 4.98 Å². The second-order valence-corrected chi connectivity index (χ2v) is 6.28. The van der Waals surface area contributed by atoms with Crippen molar-refractivity contribution in [1.82, 2.24) is 9.97 Å². The minimum Gasteiger partial charge on any atom is -0.467 e. The molecule has 1 saturated heterocycles. The van der Waals surface area contributed by atoms with E-state index in [0.717, 1.165) is 35.9 Å². The Hall–Kier alpha value is -2.82. The molecular weight excluding hydrogens is 312 g/mol. The van der Waals surface area contributed by atoms with Crippen molar-refractivity contribution in [3.63, 3.8) is 0 Å². The summed E-state index contributed by atoms with van der Waals surface area (Å²) in [6, 6.07) is 16.2. The molecule has 2 aromatic heterocycles. The van der Waals surface area contributed by atoms with E-state index in [-0.39, 0.29) is 0 Å². The molecule has 0 amide bonds. The van der Waals surface area contributed by atoms with E-state index in [1.807, 2.05) is 30.3 Å². The van der Waals surface area contributed by atoms with Gasteiger partial charge in [-0.3, -0.25) is 0 Å². The lowest BCUT2D eigenvalue weighted by Crippen LogP contribution is -2.30. The zero-order valence-electron chi connectivity index (χ0n) is 14.2. The normalized spacial score (nSPS) is 14.5. The molecule has 25 heavy (non-hydrogen) atoms. The van der Waals surface area contributed by atoms with Crippen LogP contribution in [-0.4, -0.2) is 23.1 Å². The summed E-state index contributed by atoms with van der Waals surface area (Å²) in [4.78, 5) is 11.8. The van der Waals surface area contributed by atoms with Gasteiger partial charge in [0.25, 0.3) is 0 Å². The molecule has 5 heteroatoms. The number of aromatic nitrogens is 2. The minimum absolute atomic E-state index is 0.574. The molecule has 1 N–H and O–H groups in total. The minimum atomic E-state index is 0.574. The van der Waals surface area contributed by atoms with Crippen molar-refractivity contribution in [2.75, 3.05) is 23.3 Å². The van der Waals surface area contributed by atoms with Gasteiger partial charge in [0.2, 0.25) is 5.95 Å². The molecular formula is C20H22N4O. The molecule has 0 radical (unpaired) electrons. The molecule has 0 atom stereocenters. The van der Waals surface area contributed by atoms with Crippen molar-refractivity contribution >= 4 is 11.8 Å². The molecule has 0 bridgehead atoms. The van der Waals surface area contributed by atoms with Crippen LogP contribution in [0.15, 0.2) is 59.2 Å². The maximum atomic E-state index is 5.39. The number of rotatable bonds is 5. The molecule has 3 heterocycles. The Morgan fingerprint density at radius 2 is 1.80 bits per heavy atom. The predicted molar refractivity (Wildman–Crippen MR) is 99.6 cm³/mol. The van der Waals surface area contributed by atoms with Gasteiger partial charge in [0.15, 0.2) is 0 Å². The molecule has 3 aromatic rings. The molecule has 4 rings (SSSR count). The van der Waals surface area contributed by atoms with E-state index in [9.17, 15) is 0 Å². The zero-order chi connectivity index (χ0) is 16.9. The first-order chi connectivity index (χ1) is 12.4. The van der Waals surface area contributed by atoms with Crippen molar-refractivity contribution in [2.45, 2.75) is 25.8 Å². The average molecular weight is 334 g/mol. The van der Waals surface area contributed by atoms with Gasteiger partial charge in [0.05, 0.1) is 18.5 Å². The Kier molecular flexibility index (Phi) is 4.63. The standard InChI is InChI=1S/C20H22N4O/c1-3-8-16(9-4-1)18-14-19(24-11-5-2-6-12-24)23-20(22-18)21-15-17-10-7-13-25-17/h1,3-4,7-10,13-14H,2,5-6,11-12,15H2,(H,21,22,23). The Morgan fingerprint density at radius 1 is 0.960 bits per heavy atom. The molecule has 0 aliphatic carbocycles. The smallest absolute Gasteiger partial charge is 0.225 e. The fourth-order valence-corrected chi connectivity index (χ4v) is 3.13. The van der Waals surface area contributed by atoms with E-state index < -0.39 is 0 Å². The van der Waals surface area contributed by atoms with Crippen LogP contribution in [0.2, 0.25) is 0 Å². The van der Waals surface area contributed by atoms with E-state index in [4.69, 9.17) is 14.4 Å². The van der Waals surface area contributed by atoms with Crippen molar-refractivity contribution in [3.8, 4) is 11.3 Å². The van der Waals surface area contributed by atoms with Crippen LogP contribution < -0.4 is 10.2 Å². The third-order valence-electron chi connectivity index (χ3n) is 4.46. The van der Waals surface area contributed by atoms with Gasteiger partial charge in [-0.05, 0) is 31.4 Å². The SMILES string of the molecule is c1ccc(-c2cc(N3CCCCC3)nc(NCc3ccco3)n2)cc1. The van der Waals surface area contributed by atoms with Crippen molar-refractivity contribution < 1.29 is 4.42 Å². The Bertz CT molecular complexity index is 796. The summed E-state index contributed by atoms with van der Waals surface area (Å²) in [5.74, 6) is 2.50. The first kappa shape index (κ1) is 15.7. The predicted octanol–water partition coefficient (Wildman–Crippen LogP) is 4.34. The molecule has 1 aliphatic rings. The summed E-state index contributed by atoms with van der Waals surface area (Å²) in [6.45, 7) is 2.69. The number of piperidine rings is 1. The number of hydrogen-bond acceptors (Lipinski definition) is 5. The van der Waals surface area contributed by atoms with Crippen LogP contribution in [0.1, 0.15) is 25.0 Å². The lowest BCUT2D eigenvalue weighted by molar-refractivity contribution is 0.517. The van der Waals surface area contributed by atoms with Gasteiger partial charge in [-0.15, -0.1) is 0 Å². The summed E-state index contributed by atoms with van der Waals surface area (Å²) < 4.78 is 5.39. The lowest BCUT2D eigenvalue weighted by Gasteiger charge is -2.28. The van der Waals surface area contributed by atoms with E-state index in [1.165, 1.54) is 19.3 Å². The second-order valence-electron chi connectivity index (χ2n) is 6.28. The maximum Gasteiger partial charge on any atom is 0.225 e. The number of hydrogen-bond donors (Lipinski definition) is 1. The van der Waals surface area contributed by atoms with Gasteiger partial charge < -0.3 is 14.6 Å². The fraction of sp³-hybridized carbons (Fsp3) is 0.300. The molecule has 0 unspecified atom stereocenters. The zero-order valence-corrected chi connectivity index (χ0v) is 14.2. The highest BCUT2D eigenvalue weighted by Crippen LogP contribution is 2.25. The van der Waals surface area contributed by atoms with Gasteiger partial charge in [0, 0.05) is 24.7 Å². The maximum absolute atomic E-state index is 5.39. The van der Waals surface area contributed by atoms with Crippen molar-refractivity contribution in [1.29, 1.82) is 0 Å². The Labute approximate surface area is 147 Å². The summed E-state index contributed by atoms with van der Waals surface area (Å²) >= 11 is 0. The third-order valence-corrected chi connectivity index (χ3v) is 4.46. The highest BCUT2D eigenvalue weighted by atomic mass is 16.3. The number of nitrogens with one attached hydrogen (secondary N) is 1. The van der Waals surface area contributed by atoms with Crippen LogP contribution >= 0.6 is 0 Å². The van der Waals surface area contributed by atoms with Crippen LogP contribution in [0.5, 0.6) is 0 Å². The van der Waals surface area contributed by atoms with Crippen LogP contribution in [0.3, 0.4) is 0 Å². The second kappa shape index (κ2) is 7.38. The van der Waals surface area contributed by atoms with Gasteiger partial charge in [-0.1, -0.05) is 30.3 Å². The summed E-state index contributed by atoms with van der Waals surface area (Å²) in [7, 11) is 0. The molecule has 5 nitrogen and oxygen atoms in total. The van der Waals surface area contributed by atoms with E-state index in [0.29, 0.717) is 12.5 Å². The van der Waals surface area contributed by atoms with E-state index in [2.05, 4.69) is 28.4 Å². The highest BCUT2D eigenvalue weighted by Gasteiger charge is 2.15. The average Bonchev–Trinajstić information content (AvgIpc) is 3.21. The van der Waals surface area contributed by atoms with Crippen LogP contribution in [0.25, 0.3) is 11.3 Å². The fourth-order valence-electron chi connectivity index (χ4n) is 3.13. The quantitative estimate of drug-likeness (QED) is 0.752. The van der Waals surface area contributed by atoms with Gasteiger partial charge in [0.1, 0.15) is 11.6 Å². The first-order valence-corrected chi connectivity index (χ1v) is 8.84. The molecule has 1 aliphatic heterocycles. The molecule has 0 saturated carbocycles. The number of benzene rings is 1. The van der Waals surface area contributed by atoms with Crippen molar-refractivity contribution in [2.24, 2.45) is 0 Å². The van der Waals surface area contributed by atoms with Gasteiger partial charge >= 0.3 is 0 Å². The third kappa shape index (κ3) is 3.82. The summed E-state index contributed by atoms with van der Waals surface area (Å²) in [6.07, 6.45) is 5.42. The lowest BCUT2D eigenvalue weighted by atomic mass is 10.1. The van der Waals surface area contributed by atoms with E-state index in [1.54, 1.807) is 6.26 Å². The largest absolute Gasteiger partial charge is 0.467 e.